The van der Waals surface area contributed by atoms with Gasteiger partial charge in [0.15, 0.2) is 0 Å². The molecule has 0 bridgehead atoms. The number of nitrogens with zero attached hydrogens (tertiary/aromatic N) is 2. The summed E-state index contributed by atoms with van der Waals surface area (Å²) in [7, 11) is 1.79. The van der Waals surface area contributed by atoms with Gasteiger partial charge in [-0.15, -0.1) is 0 Å². The molecule has 1 heterocycles. The number of hydrogen-bond donors (Lipinski definition) is 1. The minimum Gasteiger partial charge on any atom is -0.474 e. The van der Waals surface area contributed by atoms with Crippen LogP contribution < -0.4 is 10.1 Å². The van der Waals surface area contributed by atoms with Crippen LogP contribution in [0, 0.1) is 0 Å². The number of hydrogen-bond acceptors (Lipinski definition) is 5. The highest BCUT2D eigenvalue weighted by Gasteiger charge is 1.97. The first kappa shape index (κ1) is 12.7. The quantitative estimate of drug-likeness (QED) is 0.683. The summed E-state index contributed by atoms with van der Waals surface area (Å²) in [5, 5.41) is 2.90. The number of unbranched alkanes of at least 4 members (excludes halogenated alkanes) is 1. The van der Waals surface area contributed by atoms with Crippen molar-refractivity contribution in [1.29, 1.82) is 0 Å². The Morgan fingerprint density at radius 3 is 2.88 bits per heavy atom. The van der Waals surface area contributed by atoms with Crippen LogP contribution in [0.25, 0.3) is 0 Å². The van der Waals surface area contributed by atoms with Gasteiger partial charge >= 0.3 is 0 Å². The molecule has 0 atom stereocenters. The van der Waals surface area contributed by atoms with Crippen LogP contribution in [0.15, 0.2) is 12.4 Å². The Kier molecular flexibility index (Phi) is 6.25. The third kappa shape index (κ3) is 4.93. The molecule has 1 aromatic heterocycles. The average Bonchev–Trinajstić information content (AvgIpc) is 2.34. The zero-order chi connectivity index (χ0) is 11.6. The van der Waals surface area contributed by atoms with Crippen molar-refractivity contribution in [2.45, 2.75) is 19.8 Å². The van der Waals surface area contributed by atoms with E-state index in [4.69, 9.17) is 9.47 Å². The molecule has 0 aliphatic heterocycles. The molecule has 5 heteroatoms. The summed E-state index contributed by atoms with van der Waals surface area (Å²) < 4.78 is 10.8. The van der Waals surface area contributed by atoms with E-state index in [9.17, 15) is 0 Å². The van der Waals surface area contributed by atoms with Crippen LogP contribution in [0.2, 0.25) is 0 Å². The van der Waals surface area contributed by atoms with Crippen molar-refractivity contribution in [1.82, 2.24) is 9.97 Å². The predicted molar refractivity (Wildman–Crippen MR) is 62.8 cm³/mol. The Bertz CT molecular complexity index is 294. The minimum atomic E-state index is 0.506. The van der Waals surface area contributed by atoms with E-state index in [1.54, 1.807) is 19.4 Å². The fourth-order valence-corrected chi connectivity index (χ4v) is 1.09. The fourth-order valence-electron chi connectivity index (χ4n) is 1.09. The third-order valence-electron chi connectivity index (χ3n) is 1.99. The molecule has 0 fully saturated rings. The lowest BCUT2D eigenvalue weighted by Crippen LogP contribution is -2.08. The number of aromatic nitrogens is 2. The standard InChI is InChI=1S/C11H19N3O2/c1-3-4-5-15-6-7-16-11-9-13-8-10(12-2)14-11/h8-9H,3-7H2,1-2H3,(H,12,14). The van der Waals surface area contributed by atoms with Gasteiger partial charge < -0.3 is 14.8 Å². The summed E-state index contributed by atoms with van der Waals surface area (Å²) in [6, 6.07) is 0. The number of rotatable bonds is 8. The maximum atomic E-state index is 5.39. The second kappa shape index (κ2) is 7.87. The largest absolute Gasteiger partial charge is 0.474 e. The van der Waals surface area contributed by atoms with Gasteiger partial charge in [-0.3, -0.25) is 4.98 Å². The van der Waals surface area contributed by atoms with E-state index in [1.165, 1.54) is 0 Å². The van der Waals surface area contributed by atoms with Crippen LogP contribution >= 0.6 is 0 Å². The Balaban J connectivity index is 2.16. The van der Waals surface area contributed by atoms with Gasteiger partial charge in [-0.05, 0) is 6.42 Å². The zero-order valence-corrected chi connectivity index (χ0v) is 9.90. The Morgan fingerprint density at radius 1 is 1.25 bits per heavy atom. The fraction of sp³-hybridized carbons (Fsp3) is 0.636. The predicted octanol–water partition coefficient (Wildman–Crippen LogP) is 1.71. The summed E-state index contributed by atoms with van der Waals surface area (Å²) in [6.45, 7) is 4.03. The average molecular weight is 225 g/mol. The number of nitrogens with one attached hydrogen (secondary N) is 1. The molecular weight excluding hydrogens is 206 g/mol. The molecular formula is C11H19N3O2. The molecule has 0 aliphatic carbocycles. The summed E-state index contributed by atoms with van der Waals surface area (Å²) in [6.07, 6.45) is 5.48. The van der Waals surface area contributed by atoms with Crippen molar-refractivity contribution in [2.75, 3.05) is 32.2 Å². The van der Waals surface area contributed by atoms with E-state index in [-0.39, 0.29) is 0 Å². The van der Waals surface area contributed by atoms with E-state index in [0.29, 0.717) is 24.9 Å². The molecule has 0 radical (unpaired) electrons. The zero-order valence-electron chi connectivity index (χ0n) is 9.90. The van der Waals surface area contributed by atoms with Gasteiger partial charge in [-0.2, -0.15) is 4.98 Å². The molecule has 0 amide bonds. The lowest BCUT2D eigenvalue weighted by molar-refractivity contribution is 0.0964. The van der Waals surface area contributed by atoms with Crippen LogP contribution in [0.5, 0.6) is 5.88 Å². The Morgan fingerprint density at radius 2 is 2.12 bits per heavy atom. The highest BCUT2D eigenvalue weighted by Crippen LogP contribution is 2.07. The second-order valence-corrected chi connectivity index (χ2v) is 3.31. The van der Waals surface area contributed by atoms with Crippen LogP contribution in [-0.4, -0.2) is 36.8 Å². The second-order valence-electron chi connectivity index (χ2n) is 3.31. The van der Waals surface area contributed by atoms with Crippen molar-refractivity contribution < 1.29 is 9.47 Å². The topological polar surface area (TPSA) is 56.3 Å². The molecule has 1 N–H and O–H groups in total. The molecule has 16 heavy (non-hydrogen) atoms. The SMILES string of the molecule is CCCCOCCOc1cncc(NC)n1. The van der Waals surface area contributed by atoms with Gasteiger partial charge in [-0.1, -0.05) is 13.3 Å². The molecule has 0 spiro atoms. The first-order valence-electron chi connectivity index (χ1n) is 5.57. The molecule has 90 valence electrons. The molecule has 1 rings (SSSR count). The van der Waals surface area contributed by atoms with Gasteiger partial charge in [0.05, 0.1) is 19.0 Å². The van der Waals surface area contributed by atoms with Crippen molar-refractivity contribution in [3.63, 3.8) is 0 Å². The molecule has 5 nitrogen and oxygen atoms in total. The normalized spacial score (nSPS) is 10.1. The third-order valence-corrected chi connectivity index (χ3v) is 1.99. The summed E-state index contributed by atoms with van der Waals surface area (Å²) in [5.74, 6) is 1.22. The van der Waals surface area contributed by atoms with Crippen LogP contribution in [0.3, 0.4) is 0 Å². The Labute approximate surface area is 96.2 Å². The van der Waals surface area contributed by atoms with Crippen LogP contribution in [-0.2, 0) is 4.74 Å². The monoisotopic (exact) mass is 225 g/mol. The number of ether oxygens (including phenoxy) is 2. The summed E-state index contributed by atoms with van der Waals surface area (Å²) >= 11 is 0. The van der Waals surface area contributed by atoms with Gasteiger partial charge in [0, 0.05) is 13.7 Å². The summed E-state index contributed by atoms with van der Waals surface area (Å²) in [5.41, 5.74) is 0. The van der Waals surface area contributed by atoms with Crippen molar-refractivity contribution in [2.24, 2.45) is 0 Å². The van der Waals surface area contributed by atoms with Gasteiger partial charge in [-0.25, -0.2) is 0 Å². The maximum Gasteiger partial charge on any atom is 0.234 e. The van der Waals surface area contributed by atoms with Crippen LogP contribution in [0.1, 0.15) is 19.8 Å². The van der Waals surface area contributed by atoms with E-state index in [0.717, 1.165) is 19.4 Å². The molecule has 0 saturated heterocycles. The van der Waals surface area contributed by atoms with Crippen molar-refractivity contribution in [3.8, 4) is 5.88 Å². The highest BCUT2D eigenvalue weighted by molar-refractivity contribution is 5.31. The minimum absolute atomic E-state index is 0.506. The Hall–Kier alpha value is -1.36. The van der Waals surface area contributed by atoms with Crippen molar-refractivity contribution in [3.05, 3.63) is 12.4 Å². The van der Waals surface area contributed by atoms with Gasteiger partial charge in [0.1, 0.15) is 12.4 Å². The van der Waals surface area contributed by atoms with E-state index < -0.39 is 0 Å². The lowest BCUT2D eigenvalue weighted by atomic mass is 10.4. The molecule has 0 aromatic carbocycles. The molecule has 0 unspecified atom stereocenters. The van der Waals surface area contributed by atoms with Crippen molar-refractivity contribution >= 4 is 5.82 Å². The first-order valence-corrected chi connectivity index (χ1v) is 5.57. The maximum absolute atomic E-state index is 5.39. The molecule has 0 aliphatic rings. The molecule has 1 aromatic rings. The highest BCUT2D eigenvalue weighted by atomic mass is 16.5. The number of anilines is 1. The van der Waals surface area contributed by atoms with Gasteiger partial charge in [0.2, 0.25) is 5.88 Å². The summed E-state index contributed by atoms with van der Waals surface area (Å²) in [4.78, 5) is 8.17. The molecule has 0 saturated carbocycles. The van der Waals surface area contributed by atoms with Gasteiger partial charge in [0.25, 0.3) is 0 Å². The first-order chi connectivity index (χ1) is 7.86. The van der Waals surface area contributed by atoms with Crippen LogP contribution in [0.4, 0.5) is 5.82 Å². The lowest BCUT2D eigenvalue weighted by Gasteiger charge is -2.06. The van der Waals surface area contributed by atoms with E-state index in [2.05, 4.69) is 22.2 Å². The van der Waals surface area contributed by atoms with E-state index in [1.807, 2.05) is 0 Å². The van der Waals surface area contributed by atoms with E-state index >= 15 is 0 Å². The smallest absolute Gasteiger partial charge is 0.234 e.